The molecule has 18 heteroatoms. The lowest BCUT2D eigenvalue weighted by atomic mass is 9.56. The van der Waals surface area contributed by atoms with E-state index >= 15 is 0 Å². The second kappa shape index (κ2) is 18.8. The third kappa shape index (κ3) is 9.11. The van der Waals surface area contributed by atoms with Crippen molar-refractivity contribution < 1.29 is 45.5 Å². The van der Waals surface area contributed by atoms with Gasteiger partial charge < -0.3 is 19.7 Å². The molecule has 1 spiro atoms. The van der Waals surface area contributed by atoms with Crippen LogP contribution in [0.1, 0.15) is 118 Å². The second-order valence-electron chi connectivity index (χ2n) is 17.8. The smallest absolute Gasteiger partial charge is 0.418 e. The summed E-state index contributed by atoms with van der Waals surface area (Å²) in [5.74, 6) is -2.50. The average Bonchev–Trinajstić information content (AvgIpc) is 3.75. The van der Waals surface area contributed by atoms with Crippen molar-refractivity contribution in [3.8, 4) is 0 Å². The van der Waals surface area contributed by atoms with Crippen LogP contribution >= 0.6 is 11.6 Å². The molecule has 0 aromatic heterocycles. The molecule has 3 aliphatic heterocycles. The van der Waals surface area contributed by atoms with Crippen LogP contribution in [0.3, 0.4) is 0 Å². The number of fused-ring (bicyclic) bond motifs is 1. The van der Waals surface area contributed by atoms with Gasteiger partial charge in [0.25, 0.3) is 17.7 Å². The van der Waals surface area contributed by atoms with E-state index in [2.05, 4.69) is 28.6 Å². The van der Waals surface area contributed by atoms with Gasteiger partial charge in [-0.1, -0.05) is 89.6 Å². The molecule has 3 fully saturated rings. The van der Waals surface area contributed by atoms with Crippen molar-refractivity contribution in [2.75, 3.05) is 29.3 Å². The van der Waals surface area contributed by atoms with Crippen molar-refractivity contribution in [3.63, 3.8) is 0 Å². The first kappa shape index (κ1) is 47.7. The number of sulfonamides is 2. The fourth-order valence-corrected chi connectivity index (χ4v) is 12.6. The Morgan fingerprint density at radius 3 is 2.35 bits per heavy atom. The molecule has 0 bridgehead atoms. The molecule has 4 aliphatic rings. The summed E-state index contributed by atoms with van der Waals surface area (Å²) in [5, 5.41) is 1.83. The summed E-state index contributed by atoms with van der Waals surface area (Å²) in [7, 11) is -8.35. The largest absolute Gasteiger partial charge is 0.433 e. The van der Waals surface area contributed by atoms with Crippen LogP contribution in [0.4, 0.5) is 16.2 Å². The molecule has 6 unspecified atom stereocenters. The molecule has 3 N–H and O–H groups in total. The fraction of sp³-hybridized carbons (Fsp3) is 0.636. The Bertz CT molecular complexity index is 2250. The number of benzene rings is 2. The molecule has 1 aliphatic carbocycles. The minimum Gasteiger partial charge on any atom is -0.433 e. The third-order valence-corrected chi connectivity index (χ3v) is 17.2. The van der Waals surface area contributed by atoms with Crippen molar-refractivity contribution in [1.29, 1.82) is 0 Å². The molecule has 15 nitrogen and oxygen atoms in total. The quantitative estimate of drug-likeness (QED) is 0.128. The average molecular weight is 921 g/mol. The van der Waals surface area contributed by atoms with Gasteiger partial charge in [-0.2, -0.15) is 0 Å². The molecule has 3 heterocycles. The van der Waals surface area contributed by atoms with Crippen molar-refractivity contribution in [1.82, 2.24) is 14.9 Å². The standard InChI is InChI=1S/C44H62ClN5O10S2/c1-7-11-15-29(9-3)27-46-61(55,56)31-18-19-33(45)34(25-31)48-62(57,58)32-20-23-44(43(10-4,28-59-44)22-12-8-2)36(26-32)47-38(51)37(50-40(53)42(5,6)60-41(50)54)39(52)49-24-21-30-16-13-14-17-35(30)49/h13-14,16-19,25,29,32,36-37,46,48H,7-12,15,20-24,26-28H2,1-6H3,(H,47,51). The summed E-state index contributed by atoms with van der Waals surface area (Å²) < 4.78 is 72.8. The number of carbonyl (C=O) groups excluding carboxylic acids is 4. The third-order valence-electron chi connectivity index (χ3n) is 13.6. The minimum atomic E-state index is -4.33. The Hall–Kier alpha value is -3.77. The Labute approximate surface area is 371 Å². The number of hydrogen-bond acceptors (Lipinski definition) is 10. The van der Waals surface area contributed by atoms with Crippen LogP contribution in [-0.2, 0) is 50.3 Å². The molecule has 2 aromatic rings. The van der Waals surface area contributed by atoms with E-state index in [1.165, 1.54) is 36.9 Å². The molecule has 1 saturated carbocycles. The number of nitrogens with one attached hydrogen (secondary N) is 3. The van der Waals surface area contributed by atoms with Gasteiger partial charge in [0.1, 0.15) is 0 Å². The van der Waals surface area contributed by atoms with E-state index in [4.69, 9.17) is 21.1 Å². The SMILES string of the molecule is CCCCC(CC)CNS(=O)(=O)c1ccc(Cl)c(NS(=O)(=O)C2CCC3(OCC3(CC)CCCC)C(NC(=O)C(C(=O)N3CCc4ccccc43)N3C(=O)OC(C)(C)C3=O)C2)c1. The van der Waals surface area contributed by atoms with Gasteiger partial charge in [-0.25, -0.2) is 31.3 Å². The zero-order valence-corrected chi connectivity index (χ0v) is 39.0. The number of imide groups is 1. The second-order valence-corrected chi connectivity index (χ2v) is 21.9. The maximum atomic E-state index is 14.9. The number of hydrogen-bond donors (Lipinski definition) is 3. The summed E-state index contributed by atoms with van der Waals surface area (Å²) in [6.07, 6.45) is 6.32. The Kier molecular flexibility index (Phi) is 14.4. The molecule has 2 aromatic carbocycles. The van der Waals surface area contributed by atoms with E-state index in [1.54, 1.807) is 12.1 Å². The van der Waals surface area contributed by atoms with Crippen LogP contribution in [-0.4, -0.2) is 93.8 Å². The number of para-hydroxylation sites is 1. The van der Waals surface area contributed by atoms with E-state index < -0.39 is 77.8 Å². The first-order valence-electron chi connectivity index (χ1n) is 22.0. The molecule has 6 atom stereocenters. The molecule has 2 saturated heterocycles. The highest BCUT2D eigenvalue weighted by Crippen LogP contribution is 2.58. The summed E-state index contributed by atoms with van der Waals surface area (Å²) in [6, 6.07) is 8.06. The van der Waals surface area contributed by atoms with E-state index in [0.29, 0.717) is 30.0 Å². The van der Waals surface area contributed by atoms with Crippen LogP contribution in [0.15, 0.2) is 47.4 Å². The highest BCUT2D eigenvalue weighted by atomic mass is 35.5. The first-order valence-corrected chi connectivity index (χ1v) is 25.4. The van der Waals surface area contributed by atoms with Crippen molar-refractivity contribution in [2.45, 2.75) is 152 Å². The number of unbranched alkanes of at least 4 members (excludes halogenated alkanes) is 2. The normalized spacial score (nSPS) is 25.5. The number of anilines is 2. The molecule has 0 radical (unpaired) electrons. The zero-order valence-electron chi connectivity index (χ0n) is 36.6. The van der Waals surface area contributed by atoms with Gasteiger partial charge in [0, 0.05) is 24.2 Å². The predicted octanol–water partition coefficient (Wildman–Crippen LogP) is 6.68. The number of ether oxygens (including phenoxy) is 2. The van der Waals surface area contributed by atoms with Gasteiger partial charge in [0.15, 0.2) is 5.60 Å². The number of rotatable bonds is 19. The maximum absolute atomic E-state index is 14.9. The van der Waals surface area contributed by atoms with Crippen LogP contribution in [0.5, 0.6) is 0 Å². The summed E-state index contributed by atoms with van der Waals surface area (Å²) in [6.45, 7) is 11.8. The minimum absolute atomic E-state index is 0.0131. The summed E-state index contributed by atoms with van der Waals surface area (Å²) >= 11 is 6.51. The first-order chi connectivity index (χ1) is 29.3. The Morgan fingerprint density at radius 2 is 1.73 bits per heavy atom. The van der Waals surface area contributed by atoms with Crippen molar-refractivity contribution in [3.05, 3.63) is 53.1 Å². The van der Waals surface area contributed by atoms with Gasteiger partial charge in [-0.05, 0) is 94.5 Å². The number of nitrogens with zero attached hydrogens (tertiary/aromatic N) is 2. The topological polar surface area (TPSA) is 198 Å². The predicted molar refractivity (Wildman–Crippen MR) is 237 cm³/mol. The van der Waals surface area contributed by atoms with Gasteiger partial charge in [-0.15, -0.1) is 0 Å². The van der Waals surface area contributed by atoms with E-state index in [-0.39, 0.29) is 53.9 Å². The van der Waals surface area contributed by atoms with Crippen molar-refractivity contribution >= 4 is 66.8 Å². The van der Waals surface area contributed by atoms with Gasteiger partial charge in [0.2, 0.25) is 26.1 Å². The van der Waals surface area contributed by atoms with E-state index in [1.807, 2.05) is 26.0 Å². The van der Waals surface area contributed by atoms with Gasteiger partial charge >= 0.3 is 6.09 Å². The molecule has 62 heavy (non-hydrogen) atoms. The van der Waals surface area contributed by atoms with Gasteiger partial charge in [-0.3, -0.25) is 19.1 Å². The lowest BCUT2D eigenvalue weighted by Crippen LogP contribution is -2.75. The van der Waals surface area contributed by atoms with Crippen molar-refractivity contribution in [2.24, 2.45) is 11.3 Å². The van der Waals surface area contributed by atoms with Crippen LogP contribution in [0.25, 0.3) is 0 Å². The number of carbonyl (C=O) groups is 4. The van der Waals surface area contributed by atoms with Gasteiger partial charge in [0.05, 0.1) is 39.1 Å². The molecule has 4 amide bonds. The Balaban J connectivity index is 1.31. The number of halogens is 1. The molecule has 342 valence electrons. The van der Waals surface area contributed by atoms with Crippen LogP contribution in [0, 0.1) is 11.3 Å². The summed E-state index contributed by atoms with van der Waals surface area (Å²) in [4.78, 5) is 58.5. The Morgan fingerprint density at radius 1 is 1.00 bits per heavy atom. The fourth-order valence-electron chi connectivity index (χ4n) is 9.68. The van der Waals surface area contributed by atoms with E-state index in [9.17, 15) is 36.0 Å². The maximum Gasteiger partial charge on any atom is 0.418 e. The highest BCUT2D eigenvalue weighted by Gasteiger charge is 2.66. The summed E-state index contributed by atoms with van der Waals surface area (Å²) in [5.41, 5.74) is -1.84. The lowest BCUT2D eigenvalue weighted by Gasteiger charge is -2.64. The van der Waals surface area contributed by atoms with Crippen LogP contribution in [0.2, 0.25) is 5.02 Å². The number of amides is 4. The number of cyclic esters (lactones) is 1. The molecule has 6 rings (SSSR count). The van der Waals surface area contributed by atoms with Crippen LogP contribution < -0.4 is 19.7 Å². The van der Waals surface area contributed by atoms with E-state index in [0.717, 1.165) is 50.5 Å². The monoisotopic (exact) mass is 919 g/mol. The zero-order chi connectivity index (χ0) is 45.3. The lowest BCUT2D eigenvalue weighted by molar-refractivity contribution is -0.295. The molecular formula is C44H62ClN5O10S2. The molecular weight excluding hydrogens is 858 g/mol. The highest BCUT2D eigenvalue weighted by molar-refractivity contribution is 7.93.